The predicted molar refractivity (Wildman–Crippen MR) is 62.1 cm³/mol. The van der Waals surface area contributed by atoms with E-state index < -0.39 is 0 Å². The Kier molecular flexibility index (Phi) is 6.98. The lowest BCUT2D eigenvalue weighted by molar-refractivity contribution is 0.0870. The molecule has 2 atom stereocenters. The largest absolute Gasteiger partial charge is 0.382 e. The Labute approximate surface area is 93.5 Å². The van der Waals surface area contributed by atoms with E-state index in [4.69, 9.17) is 9.47 Å². The van der Waals surface area contributed by atoms with Crippen LogP contribution in [-0.4, -0.2) is 39.0 Å². The molecule has 3 heteroatoms. The first-order valence-corrected chi connectivity index (χ1v) is 6.28. The van der Waals surface area contributed by atoms with Crippen molar-refractivity contribution in [1.82, 2.24) is 5.32 Å². The minimum absolute atomic E-state index is 0.490. The molecule has 1 N–H and O–H groups in total. The fourth-order valence-electron chi connectivity index (χ4n) is 2.11. The topological polar surface area (TPSA) is 30.5 Å². The molecule has 0 spiro atoms. The van der Waals surface area contributed by atoms with Gasteiger partial charge in [0.25, 0.3) is 0 Å². The third-order valence-corrected chi connectivity index (χ3v) is 3.00. The van der Waals surface area contributed by atoms with Crippen LogP contribution in [-0.2, 0) is 9.47 Å². The molecule has 1 fully saturated rings. The fourth-order valence-corrected chi connectivity index (χ4v) is 2.11. The van der Waals surface area contributed by atoms with Crippen molar-refractivity contribution in [2.45, 2.75) is 39.2 Å². The van der Waals surface area contributed by atoms with Gasteiger partial charge in [-0.25, -0.2) is 0 Å². The van der Waals surface area contributed by atoms with Crippen molar-refractivity contribution >= 4 is 0 Å². The van der Waals surface area contributed by atoms with Crippen molar-refractivity contribution in [3.05, 3.63) is 0 Å². The normalized spacial score (nSPS) is 26.0. The summed E-state index contributed by atoms with van der Waals surface area (Å²) < 4.78 is 10.9. The van der Waals surface area contributed by atoms with Crippen molar-refractivity contribution in [3.8, 4) is 0 Å². The van der Waals surface area contributed by atoms with Crippen LogP contribution in [0.25, 0.3) is 0 Å². The Balaban J connectivity index is 1.95. The van der Waals surface area contributed by atoms with Crippen LogP contribution in [0.4, 0.5) is 0 Å². The van der Waals surface area contributed by atoms with Gasteiger partial charge in [-0.2, -0.15) is 0 Å². The molecule has 2 unspecified atom stereocenters. The summed E-state index contributed by atoms with van der Waals surface area (Å²) in [6, 6.07) is 0. The van der Waals surface area contributed by atoms with Gasteiger partial charge < -0.3 is 14.8 Å². The Hall–Kier alpha value is -0.120. The van der Waals surface area contributed by atoms with Gasteiger partial charge in [0, 0.05) is 26.4 Å². The summed E-state index contributed by atoms with van der Waals surface area (Å²) in [4.78, 5) is 0. The zero-order valence-electron chi connectivity index (χ0n) is 10.1. The van der Waals surface area contributed by atoms with E-state index in [0.29, 0.717) is 6.10 Å². The van der Waals surface area contributed by atoms with Crippen LogP contribution < -0.4 is 5.32 Å². The average Bonchev–Trinajstić information content (AvgIpc) is 2.70. The lowest BCUT2D eigenvalue weighted by atomic mass is 10.00. The maximum Gasteiger partial charge on any atom is 0.0613 e. The first kappa shape index (κ1) is 12.9. The molecule has 1 saturated heterocycles. The third-order valence-electron chi connectivity index (χ3n) is 3.00. The summed E-state index contributed by atoms with van der Waals surface area (Å²) >= 11 is 0. The molecule has 0 aliphatic carbocycles. The summed E-state index contributed by atoms with van der Waals surface area (Å²) in [6.45, 7) is 9.06. The number of hydrogen-bond acceptors (Lipinski definition) is 3. The average molecular weight is 215 g/mol. The van der Waals surface area contributed by atoms with Gasteiger partial charge in [0.15, 0.2) is 0 Å². The van der Waals surface area contributed by atoms with E-state index in [-0.39, 0.29) is 0 Å². The van der Waals surface area contributed by atoms with Crippen LogP contribution >= 0.6 is 0 Å². The molecule has 0 aromatic rings. The zero-order valence-corrected chi connectivity index (χ0v) is 10.1. The Morgan fingerprint density at radius 2 is 2.27 bits per heavy atom. The maximum absolute atomic E-state index is 5.65. The summed E-state index contributed by atoms with van der Waals surface area (Å²) in [7, 11) is 0. The molecule has 0 radical (unpaired) electrons. The summed E-state index contributed by atoms with van der Waals surface area (Å²) in [5.74, 6) is 0.724. The smallest absolute Gasteiger partial charge is 0.0613 e. The molecule has 15 heavy (non-hydrogen) atoms. The highest BCUT2D eigenvalue weighted by atomic mass is 16.5. The van der Waals surface area contributed by atoms with Crippen molar-refractivity contribution in [3.63, 3.8) is 0 Å². The van der Waals surface area contributed by atoms with E-state index in [1.165, 1.54) is 6.42 Å². The Morgan fingerprint density at radius 3 is 3.00 bits per heavy atom. The van der Waals surface area contributed by atoms with E-state index in [1.54, 1.807) is 0 Å². The van der Waals surface area contributed by atoms with Crippen LogP contribution in [0.5, 0.6) is 0 Å². The van der Waals surface area contributed by atoms with Crippen molar-refractivity contribution in [2.75, 3.05) is 32.9 Å². The zero-order chi connectivity index (χ0) is 10.9. The molecule has 1 aliphatic heterocycles. The second-order valence-corrected chi connectivity index (χ2v) is 4.12. The Morgan fingerprint density at radius 1 is 1.40 bits per heavy atom. The van der Waals surface area contributed by atoms with Crippen molar-refractivity contribution in [2.24, 2.45) is 5.92 Å². The first-order chi connectivity index (χ1) is 7.38. The van der Waals surface area contributed by atoms with Crippen molar-refractivity contribution in [1.29, 1.82) is 0 Å². The molecular weight excluding hydrogens is 190 g/mol. The quantitative estimate of drug-likeness (QED) is 0.626. The first-order valence-electron chi connectivity index (χ1n) is 6.28. The van der Waals surface area contributed by atoms with Crippen LogP contribution in [0, 0.1) is 5.92 Å². The number of nitrogens with one attached hydrogen (secondary N) is 1. The lowest BCUT2D eigenvalue weighted by Crippen LogP contribution is -2.29. The molecule has 1 heterocycles. The van der Waals surface area contributed by atoms with E-state index in [0.717, 1.165) is 51.7 Å². The highest BCUT2D eigenvalue weighted by Crippen LogP contribution is 2.22. The second kappa shape index (κ2) is 8.08. The van der Waals surface area contributed by atoms with Gasteiger partial charge in [-0.3, -0.25) is 0 Å². The summed E-state index contributed by atoms with van der Waals surface area (Å²) in [6.07, 6.45) is 3.96. The fraction of sp³-hybridized carbons (Fsp3) is 1.00. The molecule has 0 amide bonds. The molecule has 0 aromatic carbocycles. The predicted octanol–water partition coefficient (Wildman–Crippen LogP) is 1.82. The maximum atomic E-state index is 5.65. The third kappa shape index (κ3) is 4.96. The standard InChI is InChI=1S/C12H25NO2/c1-3-12-11(6-9-15-12)10-13-7-5-8-14-4-2/h11-13H,3-10H2,1-2H3. The molecule has 0 aromatic heterocycles. The van der Waals surface area contributed by atoms with Gasteiger partial charge in [-0.1, -0.05) is 6.92 Å². The van der Waals surface area contributed by atoms with E-state index >= 15 is 0 Å². The minimum Gasteiger partial charge on any atom is -0.382 e. The van der Waals surface area contributed by atoms with Gasteiger partial charge in [-0.05, 0) is 38.6 Å². The monoisotopic (exact) mass is 215 g/mol. The number of hydrogen-bond donors (Lipinski definition) is 1. The van der Waals surface area contributed by atoms with Crippen LogP contribution in [0.2, 0.25) is 0 Å². The SMILES string of the molecule is CCOCCCNCC1CCOC1CC. The second-order valence-electron chi connectivity index (χ2n) is 4.12. The molecule has 0 saturated carbocycles. The van der Waals surface area contributed by atoms with Crippen LogP contribution in [0.15, 0.2) is 0 Å². The van der Waals surface area contributed by atoms with Crippen molar-refractivity contribution < 1.29 is 9.47 Å². The van der Waals surface area contributed by atoms with E-state index in [2.05, 4.69) is 12.2 Å². The lowest BCUT2D eigenvalue weighted by Gasteiger charge is -2.17. The highest BCUT2D eigenvalue weighted by molar-refractivity contribution is 4.76. The minimum atomic E-state index is 0.490. The van der Waals surface area contributed by atoms with E-state index in [1.807, 2.05) is 6.92 Å². The van der Waals surface area contributed by atoms with Crippen LogP contribution in [0.3, 0.4) is 0 Å². The van der Waals surface area contributed by atoms with Crippen LogP contribution in [0.1, 0.15) is 33.1 Å². The van der Waals surface area contributed by atoms with Gasteiger partial charge in [0.05, 0.1) is 6.10 Å². The number of rotatable bonds is 8. The number of ether oxygens (including phenoxy) is 2. The van der Waals surface area contributed by atoms with Gasteiger partial charge in [-0.15, -0.1) is 0 Å². The van der Waals surface area contributed by atoms with Gasteiger partial charge in [0.2, 0.25) is 0 Å². The molecule has 90 valence electrons. The Bertz CT molecular complexity index is 153. The molecule has 1 aliphatic rings. The van der Waals surface area contributed by atoms with E-state index in [9.17, 15) is 0 Å². The molecular formula is C12H25NO2. The highest BCUT2D eigenvalue weighted by Gasteiger charge is 2.25. The molecule has 0 bridgehead atoms. The van der Waals surface area contributed by atoms with Gasteiger partial charge >= 0.3 is 0 Å². The van der Waals surface area contributed by atoms with Gasteiger partial charge in [0.1, 0.15) is 0 Å². The summed E-state index contributed by atoms with van der Waals surface area (Å²) in [5, 5.41) is 3.49. The summed E-state index contributed by atoms with van der Waals surface area (Å²) in [5.41, 5.74) is 0. The molecule has 1 rings (SSSR count). The molecule has 3 nitrogen and oxygen atoms in total.